The van der Waals surface area contributed by atoms with Gasteiger partial charge < -0.3 is 4.57 Å². The third kappa shape index (κ3) is 4.78. The van der Waals surface area contributed by atoms with E-state index in [1.54, 1.807) is 0 Å². The van der Waals surface area contributed by atoms with Crippen molar-refractivity contribution in [2.45, 2.75) is 0 Å². The van der Waals surface area contributed by atoms with Gasteiger partial charge in [0.15, 0.2) is 0 Å². The molecule has 0 saturated heterocycles. The van der Waals surface area contributed by atoms with Crippen molar-refractivity contribution in [3.05, 3.63) is 194 Å². The molecule has 0 aliphatic carbocycles. The number of nitrogens with zero attached hydrogens (tertiary/aromatic N) is 4. The summed E-state index contributed by atoms with van der Waals surface area (Å²) in [6, 6.07) is 69.0. The predicted octanol–water partition coefficient (Wildman–Crippen LogP) is 12.8. The largest absolute Gasteiger partial charge is 0.309 e. The van der Waals surface area contributed by atoms with Gasteiger partial charge in [-0.1, -0.05) is 140 Å². The molecule has 0 radical (unpaired) electrons. The molecule has 252 valence electrons. The number of hydrogen-bond acceptors (Lipinski definition) is 2. The van der Waals surface area contributed by atoms with Gasteiger partial charge >= 0.3 is 0 Å². The average molecular weight is 689 g/mol. The van der Waals surface area contributed by atoms with E-state index in [0.717, 1.165) is 66.3 Å². The van der Waals surface area contributed by atoms with E-state index >= 15 is 0 Å². The van der Waals surface area contributed by atoms with Crippen LogP contribution in [0.3, 0.4) is 0 Å². The molecule has 0 spiro atoms. The van der Waals surface area contributed by atoms with Gasteiger partial charge in [-0.05, 0) is 76.9 Å². The molecular formula is C50H32N4. The van der Waals surface area contributed by atoms with E-state index in [2.05, 4.69) is 203 Å². The maximum Gasteiger partial charge on any atom is 0.235 e. The van der Waals surface area contributed by atoms with Crippen LogP contribution in [0.2, 0.25) is 0 Å². The molecule has 54 heavy (non-hydrogen) atoms. The quantitative estimate of drug-likeness (QED) is 0.180. The second-order valence-corrected chi connectivity index (χ2v) is 13.8. The molecule has 0 fully saturated rings. The maximum absolute atomic E-state index is 5.48. The maximum atomic E-state index is 5.48. The van der Waals surface area contributed by atoms with Gasteiger partial charge in [0.1, 0.15) is 0 Å². The van der Waals surface area contributed by atoms with Crippen molar-refractivity contribution >= 4 is 54.5 Å². The summed E-state index contributed by atoms with van der Waals surface area (Å²) < 4.78 is 4.61. The predicted molar refractivity (Wildman–Crippen MR) is 225 cm³/mol. The summed E-state index contributed by atoms with van der Waals surface area (Å²) in [6.07, 6.45) is 0. The molecule has 0 N–H and O–H groups in total. The van der Waals surface area contributed by atoms with E-state index in [9.17, 15) is 0 Å². The van der Waals surface area contributed by atoms with Crippen LogP contribution in [0.5, 0.6) is 0 Å². The van der Waals surface area contributed by atoms with Crippen molar-refractivity contribution in [3.8, 4) is 45.1 Å². The standard InChI is InChI=1S/C50H32N4/c1-3-14-33(15-4-1)35-18-13-19-37(30-35)49-43-31-36(34-16-5-2-6-17-34)26-28-44(43)51-50(52-49)54-47-25-12-9-22-41(47)42-32-38(27-29-48(42)54)53-45-23-10-7-20-39(45)40-21-8-11-24-46(40)53/h1-32H. The minimum Gasteiger partial charge on any atom is -0.309 e. The number of para-hydroxylation sites is 3. The van der Waals surface area contributed by atoms with E-state index in [4.69, 9.17) is 9.97 Å². The lowest BCUT2D eigenvalue weighted by atomic mass is 9.98. The molecule has 4 heteroatoms. The summed E-state index contributed by atoms with van der Waals surface area (Å²) >= 11 is 0. The summed E-state index contributed by atoms with van der Waals surface area (Å²) in [5, 5.41) is 5.82. The van der Waals surface area contributed by atoms with Gasteiger partial charge in [0.05, 0.1) is 33.3 Å². The minimum absolute atomic E-state index is 0.644. The summed E-state index contributed by atoms with van der Waals surface area (Å²) in [4.78, 5) is 10.8. The van der Waals surface area contributed by atoms with Crippen molar-refractivity contribution in [2.75, 3.05) is 0 Å². The number of aromatic nitrogens is 4. The number of fused-ring (bicyclic) bond motifs is 7. The van der Waals surface area contributed by atoms with Gasteiger partial charge in [0.25, 0.3) is 0 Å². The molecule has 0 saturated carbocycles. The van der Waals surface area contributed by atoms with Gasteiger partial charge in [-0.15, -0.1) is 0 Å². The van der Waals surface area contributed by atoms with E-state index in [1.807, 2.05) is 0 Å². The SMILES string of the molecule is c1ccc(-c2cccc(-c3nc(-n4c5ccccc5c5cc(-n6c7ccccc7c7ccccc76)ccc54)nc4ccc(-c5ccccc5)cc34)c2)cc1. The third-order valence-electron chi connectivity index (χ3n) is 10.7. The van der Waals surface area contributed by atoms with Crippen LogP contribution < -0.4 is 0 Å². The summed E-state index contributed by atoms with van der Waals surface area (Å²) in [7, 11) is 0. The highest BCUT2D eigenvalue weighted by atomic mass is 15.2. The number of benzene rings is 8. The molecule has 0 bridgehead atoms. The topological polar surface area (TPSA) is 35.6 Å². The zero-order chi connectivity index (χ0) is 35.6. The van der Waals surface area contributed by atoms with E-state index in [1.165, 1.54) is 27.4 Å². The Kier molecular flexibility index (Phi) is 6.82. The first-order chi connectivity index (χ1) is 26.8. The Bertz CT molecular complexity index is 3160. The van der Waals surface area contributed by atoms with Gasteiger partial charge in [0, 0.05) is 38.2 Å². The molecule has 3 aromatic heterocycles. The monoisotopic (exact) mass is 688 g/mol. The Labute approximate surface area is 311 Å². The van der Waals surface area contributed by atoms with Crippen molar-refractivity contribution in [2.24, 2.45) is 0 Å². The van der Waals surface area contributed by atoms with Gasteiger partial charge in [-0.3, -0.25) is 4.57 Å². The molecule has 11 rings (SSSR count). The van der Waals surface area contributed by atoms with E-state index < -0.39 is 0 Å². The fourth-order valence-corrected chi connectivity index (χ4v) is 8.24. The van der Waals surface area contributed by atoms with Crippen LogP contribution in [-0.4, -0.2) is 19.1 Å². The van der Waals surface area contributed by atoms with Crippen molar-refractivity contribution in [1.82, 2.24) is 19.1 Å². The molecule has 0 amide bonds. The van der Waals surface area contributed by atoms with Crippen LogP contribution in [0.25, 0.3) is 99.7 Å². The van der Waals surface area contributed by atoms with Gasteiger partial charge in [-0.2, -0.15) is 0 Å². The Morgan fingerprint density at radius 3 is 1.48 bits per heavy atom. The number of rotatable bonds is 5. The van der Waals surface area contributed by atoms with Crippen LogP contribution in [0.15, 0.2) is 194 Å². The highest BCUT2D eigenvalue weighted by Gasteiger charge is 2.20. The first-order valence-electron chi connectivity index (χ1n) is 18.3. The van der Waals surface area contributed by atoms with Crippen molar-refractivity contribution < 1.29 is 0 Å². The Balaban J connectivity index is 1.16. The zero-order valence-corrected chi connectivity index (χ0v) is 29.3. The highest BCUT2D eigenvalue weighted by molar-refractivity contribution is 6.12. The van der Waals surface area contributed by atoms with Crippen molar-refractivity contribution in [1.29, 1.82) is 0 Å². The summed E-state index contributed by atoms with van der Waals surface area (Å²) in [5.74, 6) is 0.644. The fraction of sp³-hybridized carbons (Fsp3) is 0. The minimum atomic E-state index is 0.644. The second-order valence-electron chi connectivity index (χ2n) is 13.8. The Morgan fingerprint density at radius 2 is 0.815 bits per heavy atom. The molecule has 0 aliphatic rings. The summed E-state index contributed by atoms with van der Waals surface area (Å²) in [6.45, 7) is 0. The number of hydrogen-bond donors (Lipinski definition) is 0. The van der Waals surface area contributed by atoms with Crippen LogP contribution in [-0.2, 0) is 0 Å². The first-order valence-corrected chi connectivity index (χ1v) is 18.3. The van der Waals surface area contributed by atoms with E-state index in [-0.39, 0.29) is 0 Å². The lowest BCUT2D eigenvalue weighted by Gasteiger charge is -2.14. The molecule has 0 unspecified atom stereocenters. The normalized spacial score (nSPS) is 11.7. The molecule has 11 aromatic rings. The molecule has 4 nitrogen and oxygen atoms in total. The first kappa shape index (κ1) is 30.3. The highest BCUT2D eigenvalue weighted by Crippen LogP contribution is 2.38. The van der Waals surface area contributed by atoms with Crippen molar-refractivity contribution in [3.63, 3.8) is 0 Å². The fourth-order valence-electron chi connectivity index (χ4n) is 8.24. The third-order valence-corrected chi connectivity index (χ3v) is 10.7. The lowest BCUT2D eigenvalue weighted by molar-refractivity contribution is 1.01. The van der Waals surface area contributed by atoms with Crippen LogP contribution in [0.1, 0.15) is 0 Å². The van der Waals surface area contributed by atoms with Gasteiger partial charge in [0.2, 0.25) is 5.95 Å². The molecule has 0 aliphatic heterocycles. The molecular weight excluding hydrogens is 657 g/mol. The second kappa shape index (κ2) is 12.1. The van der Waals surface area contributed by atoms with Gasteiger partial charge in [-0.25, -0.2) is 9.97 Å². The van der Waals surface area contributed by atoms with Crippen LogP contribution >= 0.6 is 0 Å². The average Bonchev–Trinajstić information content (AvgIpc) is 3.76. The Hall–Kier alpha value is -7.30. The van der Waals surface area contributed by atoms with E-state index in [0.29, 0.717) is 5.95 Å². The molecule has 8 aromatic carbocycles. The lowest BCUT2D eigenvalue weighted by Crippen LogP contribution is -2.04. The smallest absolute Gasteiger partial charge is 0.235 e. The summed E-state index contributed by atoms with van der Waals surface area (Å²) in [5.41, 5.74) is 13.1. The zero-order valence-electron chi connectivity index (χ0n) is 29.3. The van der Waals surface area contributed by atoms with Crippen LogP contribution in [0.4, 0.5) is 0 Å². The van der Waals surface area contributed by atoms with Crippen LogP contribution in [0, 0.1) is 0 Å². The molecule has 3 heterocycles. The molecule has 0 atom stereocenters. The Morgan fingerprint density at radius 1 is 0.296 bits per heavy atom.